The van der Waals surface area contributed by atoms with E-state index >= 15 is 0 Å². The topological polar surface area (TPSA) is 61.4 Å². The van der Waals surface area contributed by atoms with E-state index in [0.29, 0.717) is 24.4 Å². The van der Waals surface area contributed by atoms with Crippen molar-refractivity contribution in [2.24, 2.45) is 0 Å². The van der Waals surface area contributed by atoms with Crippen molar-refractivity contribution in [2.45, 2.75) is 122 Å². The van der Waals surface area contributed by atoms with Crippen molar-refractivity contribution in [1.29, 1.82) is 0 Å². The third-order valence-electron chi connectivity index (χ3n) is 6.56. The number of halogens is 3. The molecule has 1 aliphatic heterocycles. The lowest BCUT2D eigenvalue weighted by atomic mass is 10.0. The lowest BCUT2D eigenvalue weighted by Gasteiger charge is -2.20. The number of hydrogen-bond acceptors (Lipinski definition) is 5. The molecule has 0 radical (unpaired) electrons. The predicted molar refractivity (Wildman–Crippen MR) is 137 cm³/mol. The fraction of sp³-hybridized carbons (Fsp3) is 0.880. The van der Waals surface area contributed by atoms with Gasteiger partial charge in [0.05, 0.1) is 6.54 Å². The first-order valence-corrected chi connectivity index (χ1v) is 14.3. The van der Waals surface area contributed by atoms with Gasteiger partial charge in [0.15, 0.2) is 0 Å². The summed E-state index contributed by atoms with van der Waals surface area (Å²) in [6, 6.07) is -0.362. The van der Waals surface area contributed by atoms with Gasteiger partial charge in [-0.05, 0) is 13.0 Å². The van der Waals surface area contributed by atoms with Gasteiger partial charge in [-0.15, -0.1) is 10.2 Å². The van der Waals surface area contributed by atoms with E-state index in [1.54, 1.807) is 7.05 Å². The Balaban J connectivity index is 1.49. The summed E-state index contributed by atoms with van der Waals surface area (Å²) in [6.45, 7) is 3.38. The molecule has 0 bridgehead atoms. The molecule has 202 valence electrons. The maximum Gasteiger partial charge on any atom is 0.445 e. The van der Waals surface area contributed by atoms with E-state index in [1.807, 2.05) is 0 Å². The van der Waals surface area contributed by atoms with Crippen molar-refractivity contribution in [3.05, 3.63) is 5.01 Å². The quantitative estimate of drug-likeness (QED) is 0.191. The number of alkyl halides is 3. The van der Waals surface area contributed by atoms with Crippen LogP contribution in [0, 0.1) is 0 Å². The van der Waals surface area contributed by atoms with Crippen LogP contribution in [0.25, 0.3) is 0 Å². The fourth-order valence-electron chi connectivity index (χ4n) is 4.48. The van der Waals surface area contributed by atoms with Gasteiger partial charge in [-0.1, -0.05) is 115 Å². The van der Waals surface area contributed by atoms with E-state index in [0.717, 1.165) is 12.8 Å². The minimum Gasteiger partial charge on any atom is -0.324 e. The molecule has 10 heteroatoms. The highest BCUT2D eigenvalue weighted by Crippen LogP contribution is 2.35. The highest BCUT2D eigenvalue weighted by Gasteiger charge is 2.41. The molecule has 0 spiro atoms. The van der Waals surface area contributed by atoms with Crippen LogP contribution in [0.1, 0.15) is 115 Å². The molecule has 1 aromatic heterocycles. The number of unbranched alkanes of at least 4 members (excludes halogenated alkanes) is 15. The Morgan fingerprint density at radius 1 is 0.857 bits per heavy atom. The van der Waals surface area contributed by atoms with Crippen LogP contribution in [0.2, 0.25) is 0 Å². The molecular formula is C25H44F3N5OS. The fourth-order valence-corrected chi connectivity index (χ4v) is 5.23. The number of carbonyl (C=O) groups excluding carboxylic acids is 1. The minimum atomic E-state index is -4.55. The van der Waals surface area contributed by atoms with Gasteiger partial charge in [0.1, 0.15) is 6.17 Å². The van der Waals surface area contributed by atoms with E-state index in [2.05, 4.69) is 22.4 Å². The monoisotopic (exact) mass is 519 g/mol. The van der Waals surface area contributed by atoms with Crippen LogP contribution in [0.4, 0.5) is 23.1 Å². The summed E-state index contributed by atoms with van der Waals surface area (Å²) in [5.41, 5.74) is 0. The van der Waals surface area contributed by atoms with E-state index in [9.17, 15) is 18.0 Å². The number of aromatic nitrogens is 2. The van der Waals surface area contributed by atoms with Crippen LogP contribution in [0.3, 0.4) is 0 Å². The van der Waals surface area contributed by atoms with Crippen LogP contribution in [0.5, 0.6) is 0 Å². The maximum atomic E-state index is 12.9. The summed E-state index contributed by atoms with van der Waals surface area (Å²) in [6.07, 6.45) is 16.0. The van der Waals surface area contributed by atoms with Crippen molar-refractivity contribution >= 4 is 22.5 Å². The van der Waals surface area contributed by atoms with Crippen LogP contribution >= 0.6 is 11.3 Å². The number of hydrogen-bond donors (Lipinski definition) is 1. The molecule has 0 saturated carbocycles. The van der Waals surface area contributed by atoms with Crippen LogP contribution in [-0.2, 0) is 6.18 Å². The molecule has 2 amide bonds. The van der Waals surface area contributed by atoms with Crippen LogP contribution in [-0.4, -0.2) is 47.4 Å². The third-order valence-corrected chi connectivity index (χ3v) is 7.53. The molecular weight excluding hydrogens is 475 g/mol. The summed E-state index contributed by atoms with van der Waals surface area (Å²) in [5.74, 6) is 0. The van der Waals surface area contributed by atoms with E-state index < -0.39 is 17.3 Å². The molecule has 1 N–H and O–H groups in total. The Kier molecular flexibility index (Phi) is 13.9. The van der Waals surface area contributed by atoms with Crippen LogP contribution in [0.15, 0.2) is 0 Å². The minimum absolute atomic E-state index is 0.0175. The predicted octanol–water partition coefficient (Wildman–Crippen LogP) is 7.61. The zero-order valence-electron chi connectivity index (χ0n) is 21.5. The second-order valence-electron chi connectivity index (χ2n) is 9.69. The zero-order valence-corrected chi connectivity index (χ0v) is 22.4. The van der Waals surface area contributed by atoms with Gasteiger partial charge in [0.25, 0.3) is 0 Å². The Morgan fingerprint density at radius 3 is 1.80 bits per heavy atom. The maximum absolute atomic E-state index is 12.9. The Labute approximate surface area is 213 Å². The van der Waals surface area contributed by atoms with Crippen molar-refractivity contribution < 1.29 is 18.0 Å². The number of nitrogens with one attached hydrogen (secondary N) is 1. The van der Waals surface area contributed by atoms with Gasteiger partial charge >= 0.3 is 12.2 Å². The molecule has 1 aliphatic rings. The summed E-state index contributed by atoms with van der Waals surface area (Å²) < 4.78 is 38.6. The number of anilines is 1. The molecule has 2 rings (SSSR count). The average molecular weight is 520 g/mol. The molecule has 1 atom stereocenters. The summed E-state index contributed by atoms with van der Waals surface area (Å²) >= 11 is 0.403. The number of amides is 2. The average Bonchev–Trinajstić information content (AvgIpc) is 3.41. The number of urea groups is 1. The van der Waals surface area contributed by atoms with Crippen molar-refractivity contribution in [3.8, 4) is 0 Å². The van der Waals surface area contributed by atoms with Gasteiger partial charge < -0.3 is 4.90 Å². The number of carbonyl (C=O) groups is 1. The lowest BCUT2D eigenvalue weighted by Crippen LogP contribution is -2.44. The highest BCUT2D eigenvalue weighted by molar-refractivity contribution is 7.15. The molecule has 1 unspecified atom stereocenters. The second-order valence-corrected chi connectivity index (χ2v) is 10.6. The van der Waals surface area contributed by atoms with Gasteiger partial charge in [-0.2, -0.15) is 13.2 Å². The Morgan fingerprint density at radius 2 is 1.34 bits per heavy atom. The number of rotatable bonds is 19. The van der Waals surface area contributed by atoms with E-state index in [4.69, 9.17) is 0 Å². The number of nitrogens with zero attached hydrogens (tertiary/aromatic N) is 4. The molecule has 6 nitrogen and oxygen atoms in total. The second kappa shape index (κ2) is 16.3. The molecule has 1 aromatic rings. The van der Waals surface area contributed by atoms with Gasteiger partial charge in [-0.3, -0.25) is 10.2 Å². The standard InChI is InChI=1S/C25H44F3N5OS/c1-3-4-5-6-7-8-9-10-11-12-13-14-15-16-17-18-19-29-21-20-32(2)24(34)33(21)23-31-30-22(35-23)25(26,27)28/h21,29H,3-20H2,1-2H3. The highest BCUT2D eigenvalue weighted by atomic mass is 32.1. The van der Waals surface area contributed by atoms with Gasteiger partial charge in [0.2, 0.25) is 10.1 Å². The molecule has 35 heavy (non-hydrogen) atoms. The van der Waals surface area contributed by atoms with Crippen molar-refractivity contribution in [2.75, 3.05) is 25.0 Å². The Hall–Kier alpha value is -1.42. The molecule has 0 aliphatic carbocycles. The smallest absolute Gasteiger partial charge is 0.324 e. The first-order valence-electron chi connectivity index (χ1n) is 13.5. The lowest BCUT2D eigenvalue weighted by molar-refractivity contribution is -0.138. The third kappa shape index (κ3) is 11.0. The molecule has 1 saturated heterocycles. The SMILES string of the molecule is CCCCCCCCCCCCCCCCCCNC1CN(C)C(=O)N1c1nnc(C(F)(F)F)s1. The van der Waals surface area contributed by atoms with Crippen molar-refractivity contribution in [1.82, 2.24) is 20.4 Å². The first kappa shape index (κ1) is 29.8. The van der Waals surface area contributed by atoms with E-state index in [1.165, 1.54) is 99.7 Å². The normalized spacial score (nSPS) is 16.6. The summed E-state index contributed by atoms with van der Waals surface area (Å²) in [5, 5.41) is 9.08. The summed E-state index contributed by atoms with van der Waals surface area (Å²) in [4.78, 5) is 15.2. The van der Waals surface area contributed by atoms with Crippen molar-refractivity contribution in [3.63, 3.8) is 0 Å². The Bertz CT molecular complexity index is 716. The largest absolute Gasteiger partial charge is 0.445 e. The molecule has 2 heterocycles. The van der Waals surface area contributed by atoms with E-state index in [-0.39, 0.29) is 11.2 Å². The first-order chi connectivity index (χ1) is 16.8. The molecule has 0 aromatic carbocycles. The van der Waals surface area contributed by atoms with Gasteiger partial charge in [0, 0.05) is 7.05 Å². The molecule has 1 fully saturated rings. The zero-order chi connectivity index (χ0) is 25.5. The number of likely N-dealkylation sites (N-methyl/N-ethyl adjacent to an activating group) is 1. The van der Waals surface area contributed by atoms with Gasteiger partial charge in [-0.25, -0.2) is 4.79 Å². The summed E-state index contributed by atoms with van der Waals surface area (Å²) in [7, 11) is 1.64. The van der Waals surface area contributed by atoms with Crippen LogP contribution < -0.4 is 10.2 Å².